The van der Waals surface area contributed by atoms with Crippen LogP contribution in [0.4, 0.5) is 18.9 Å². The van der Waals surface area contributed by atoms with Gasteiger partial charge >= 0.3 is 6.18 Å². The first-order valence-electron chi connectivity index (χ1n) is 4.47. The molecule has 1 aromatic rings. The molecule has 2 N–H and O–H groups in total. The summed E-state index contributed by atoms with van der Waals surface area (Å²) in [6.07, 6.45) is -4.33. The van der Waals surface area contributed by atoms with Gasteiger partial charge in [-0.15, -0.1) is 0 Å². The molecule has 0 heterocycles. The first-order valence-corrected chi connectivity index (χ1v) is 4.47. The van der Waals surface area contributed by atoms with Crippen LogP contribution in [0.25, 0.3) is 0 Å². The molecule has 0 amide bonds. The minimum atomic E-state index is -4.33. The molecule has 0 atom stereocenters. The highest BCUT2D eigenvalue weighted by atomic mass is 19.4. The Morgan fingerprint density at radius 3 is 2.53 bits per heavy atom. The molecule has 5 heteroatoms. The molecule has 0 saturated carbocycles. The van der Waals surface area contributed by atoms with Crippen LogP contribution < -0.4 is 5.32 Å². The molecule has 0 saturated heterocycles. The van der Waals surface area contributed by atoms with Gasteiger partial charge in [0.2, 0.25) is 0 Å². The fourth-order valence-electron chi connectivity index (χ4n) is 1.18. The van der Waals surface area contributed by atoms with Crippen LogP contribution in [0, 0.1) is 6.92 Å². The number of hydrogen-bond acceptors (Lipinski definition) is 2. The zero-order valence-corrected chi connectivity index (χ0v) is 8.23. The maximum Gasteiger partial charge on any atom is 0.416 e. The molecule has 0 unspecified atom stereocenters. The minimum absolute atomic E-state index is 0.115. The second-order valence-corrected chi connectivity index (χ2v) is 3.18. The van der Waals surface area contributed by atoms with Crippen molar-refractivity contribution >= 4 is 5.69 Å². The number of aliphatic hydroxyl groups is 1. The number of nitrogens with one attached hydrogen (secondary N) is 1. The zero-order chi connectivity index (χ0) is 11.5. The van der Waals surface area contributed by atoms with Crippen LogP contribution in [0.2, 0.25) is 0 Å². The smallest absolute Gasteiger partial charge is 0.395 e. The largest absolute Gasteiger partial charge is 0.416 e. The predicted octanol–water partition coefficient (Wildman–Crippen LogP) is 2.42. The molecule has 2 nitrogen and oxygen atoms in total. The summed E-state index contributed by atoms with van der Waals surface area (Å²) in [4.78, 5) is 0. The van der Waals surface area contributed by atoms with E-state index in [1.807, 2.05) is 0 Å². The molecular formula is C10H12F3NO. The van der Waals surface area contributed by atoms with E-state index in [1.54, 1.807) is 6.92 Å². The van der Waals surface area contributed by atoms with E-state index >= 15 is 0 Å². The van der Waals surface area contributed by atoms with Crippen molar-refractivity contribution in [3.8, 4) is 0 Å². The Hall–Kier alpha value is -1.23. The van der Waals surface area contributed by atoms with Gasteiger partial charge in [-0.1, -0.05) is 6.07 Å². The Bertz CT molecular complexity index is 336. The number of alkyl halides is 3. The maximum absolute atomic E-state index is 12.3. The van der Waals surface area contributed by atoms with Crippen LogP contribution in [0.3, 0.4) is 0 Å². The highest BCUT2D eigenvalue weighted by Crippen LogP contribution is 2.31. The van der Waals surface area contributed by atoms with E-state index < -0.39 is 11.7 Å². The van der Waals surface area contributed by atoms with Gasteiger partial charge in [0.15, 0.2) is 0 Å². The van der Waals surface area contributed by atoms with Gasteiger partial charge in [0.25, 0.3) is 0 Å². The van der Waals surface area contributed by atoms with Crippen molar-refractivity contribution in [2.75, 3.05) is 18.5 Å². The normalized spacial score (nSPS) is 11.5. The van der Waals surface area contributed by atoms with Crippen LogP contribution in [0.15, 0.2) is 18.2 Å². The number of hydrogen-bond donors (Lipinski definition) is 2. The fourth-order valence-corrected chi connectivity index (χ4v) is 1.18. The number of aryl methyl sites for hydroxylation is 1. The molecule has 15 heavy (non-hydrogen) atoms. The van der Waals surface area contributed by atoms with Gasteiger partial charge < -0.3 is 10.4 Å². The first kappa shape index (κ1) is 11.8. The van der Waals surface area contributed by atoms with E-state index in [1.165, 1.54) is 6.07 Å². The molecule has 1 rings (SSSR count). The molecule has 1 aromatic carbocycles. The number of aliphatic hydroxyl groups excluding tert-OH is 1. The van der Waals surface area contributed by atoms with Gasteiger partial charge in [0.05, 0.1) is 12.2 Å². The second kappa shape index (κ2) is 4.53. The lowest BCUT2D eigenvalue weighted by Gasteiger charge is -2.12. The van der Waals surface area contributed by atoms with Crippen molar-refractivity contribution < 1.29 is 18.3 Å². The summed E-state index contributed by atoms with van der Waals surface area (Å²) in [5.41, 5.74) is 0.434. The van der Waals surface area contributed by atoms with Crippen LogP contribution in [-0.2, 0) is 6.18 Å². The third-order valence-corrected chi connectivity index (χ3v) is 1.99. The SMILES string of the molecule is Cc1ccc(C(F)(F)F)cc1NCCO. The lowest BCUT2D eigenvalue weighted by molar-refractivity contribution is -0.137. The predicted molar refractivity (Wildman–Crippen MR) is 51.8 cm³/mol. The Morgan fingerprint density at radius 2 is 2.00 bits per heavy atom. The summed E-state index contributed by atoms with van der Waals surface area (Å²) in [6.45, 7) is 1.83. The molecule has 0 aromatic heterocycles. The molecule has 0 aliphatic carbocycles. The molecule has 84 valence electrons. The summed E-state index contributed by atoms with van der Waals surface area (Å²) in [5, 5.41) is 11.3. The molecular weight excluding hydrogens is 207 g/mol. The monoisotopic (exact) mass is 219 g/mol. The lowest BCUT2D eigenvalue weighted by atomic mass is 10.1. The Balaban J connectivity index is 2.95. The Morgan fingerprint density at radius 1 is 1.33 bits per heavy atom. The van der Waals surface area contributed by atoms with Gasteiger partial charge in [-0.05, 0) is 24.6 Å². The Labute approximate surface area is 85.7 Å². The van der Waals surface area contributed by atoms with Crippen LogP contribution >= 0.6 is 0 Å². The van der Waals surface area contributed by atoms with Crippen molar-refractivity contribution in [2.45, 2.75) is 13.1 Å². The second-order valence-electron chi connectivity index (χ2n) is 3.18. The molecule has 0 aliphatic rings. The van der Waals surface area contributed by atoms with Gasteiger partial charge in [-0.2, -0.15) is 13.2 Å². The molecule has 0 radical (unpaired) electrons. The van der Waals surface area contributed by atoms with Crippen LogP contribution in [-0.4, -0.2) is 18.3 Å². The summed E-state index contributed by atoms with van der Waals surface area (Å²) in [5.74, 6) is 0. The van der Waals surface area contributed by atoms with Gasteiger partial charge in [0.1, 0.15) is 0 Å². The van der Waals surface area contributed by atoms with Crippen molar-refractivity contribution in [1.82, 2.24) is 0 Å². The molecule has 0 spiro atoms. The first-order chi connectivity index (χ1) is 6.95. The van der Waals surface area contributed by atoms with Crippen molar-refractivity contribution in [3.05, 3.63) is 29.3 Å². The van der Waals surface area contributed by atoms with Gasteiger partial charge in [-0.25, -0.2) is 0 Å². The van der Waals surface area contributed by atoms with E-state index in [4.69, 9.17) is 5.11 Å². The summed E-state index contributed by atoms with van der Waals surface area (Å²) < 4.78 is 37.0. The number of benzene rings is 1. The summed E-state index contributed by atoms with van der Waals surface area (Å²) >= 11 is 0. The average molecular weight is 219 g/mol. The quantitative estimate of drug-likeness (QED) is 0.818. The topological polar surface area (TPSA) is 32.3 Å². The lowest BCUT2D eigenvalue weighted by Crippen LogP contribution is -2.10. The average Bonchev–Trinajstić information content (AvgIpc) is 2.15. The van der Waals surface area contributed by atoms with Crippen molar-refractivity contribution in [3.63, 3.8) is 0 Å². The number of halogens is 3. The molecule has 0 bridgehead atoms. The van der Waals surface area contributed by atoms with Gasteiger partial charge in [0, 0.05) is 12.2 Å². The van der Waals surface area contributed by atoms with Crippen molar-refractivity contribution in [1.29, 1.82) is 0 Å². The van der Waals surface area contributed by atoms with Crippen LogP contribution in [0.5, 0.6) is 0 Å². The Kier molecular flexibility index (Phi) is 3.57. The fraction of sp³-hybridized carbons (Fsp3) is 0.400. The van der Waals surface area contributed by atoms with E-state index in [0.717, 1.165) is 17.7 Å². The number of anilines is 1. The third-order valence-electron chi connectivity index (χ3n) is 1.99. The van der Waals surface area contributed by atoms with E-state index in [0.29, 0.717) is 5.69 Å². The van der Waals surface area contributed by atoms with Crippen LogP contribution in [0.1, 0.15) is 11.1 Å². The third kappa shape index (κ3) is 3.13. The zero-order valence-electron chi connectivity index (χ0n) is 8.23. The van der Waals surface area contributed by atoms with E-state index in [2.05, 4.69) is 5.32 Å². The van der Waals surface area contributed by atoms with Gasteiger partial charge in [-0.3, -0.25) is 0 Å². The highest BCUT2D eigenvalue weighted by molar-refractivity contribution is 5.53. The molecule has 0 aliphatic heterocycles. The maximum atomic E-state index is 12.3. The standard InChI is InChI=1S/C10H12F3NO/c1-7-2-3-8(10(11,12)13)6-9(7)14-4-5-15/h2-3,6,14-15H,4-5H2,1H3. The minimum Gasteiger partial charge on any atom is -0.395 e. The number of rotatable bonds is 3. The van der Waals surface area contributed by atoms with E-state index in [9.17, 15) is 13.2 Å². The highest BCUT2D eigenvalue weighted by Gasteiger charge is 2.30. The molecule has 0 fully saturated rings. The summed E-state index contributed by atoms with van der Waals surface area (Å²) in [7, 11) is 0. The summed E-state index contributed by atoms with van der Waals surface area (Å²) in [6, 6.07) is 3.49. The van der Waals surface area contributed by atoms with Crippen molar-refractivity contribution in [2.24, 2.45) is 0 Å². The van der Waals surface area contributed by atoms with E-state index in [-0.39, 0.29) is 13.2 Å².